The predicted molar refractivity (Wildman–Crippen MR) is 70.9 cm³/mol. The van der Waals surface area contributed by atoms with Crippen molar-refractivity contribution in [3.63, 3.8) is 0 Å². The third-order valence-electron chi connectivity index (χ3n) is 4.56. The van der Waals surface area contributed by atoms with Gasteiger partial charge in [0.2, 0.25) is 5.91 Å². The molecule has 0 spiro atoms. The van der Waals surface area contributed by atoms with E-state index in [0.29, 0.717) is 6.54 Å². The molecule has 2 fully saturated rings. The molecule has 4 atom stereocenters. The molecule has 2 aliphatic carbocycles. The summed E-state index contributed by atoms with van der Waals surface area (Å²) in [7, 11) is 0. The Hall–Kier alpha value is -0.610. The largest absolute Gasteiger partial charge is 0.393 e. The molecule has 18 heavy (non-hydrogen) atoms. The summed E-state index contributed by atoms with van der Waals surface area (Å²) in [5.41, 5.74) is 6.08. The van der Waals surface area contributed by atoms with Gasteiger partial charge in [-0.2, -0.15) is 0 Å². The summed E-state index contributed by atoms with van der Waals surface area (Å²) in [5, 5.41) is 12.7. The van der Waals surface area contributed by atoms with E-state index in [-0.39, 0.29) is 29.9 Å². The smallest absolute Gasteiger partial charge is 0.224 e. The minimum atomic E-state index is -0.229. The summed E-state index contributed by atoms with van der Waals surface area (Å²) in [6.45, 7) is 0.614. The maximum Gasteiger partial charge on any atom is 0.224 e. The minimum Gasteiger partial charge on any atom is -0.393 e. The molecule has 0 bridgehead atoms. The molecule has 0 aromatic heterocycles. The van der Waals surface area contributed by atoms with Crippen molar-refractivity contribution in [1.29, 1.82) is 0 Å². The highest BCUT2D eigenvalue weighted by atomic mass is 16.3. The van der Waals surface area contributed by atoms with Crippen LogP contribution in [0, 0.1) is 11.8 Å². The van der Waals surface area contributed by atoms with Gasteiger partial charge in [0.1, 0.15) is 0 Å². The van der Waals surface area contributed by atoms with Gasteiger partial charge in [-0.3, -0.25) is 4.79 Å². The van der Waals surface area contributed by atoms with Crippen molar-refractivity contribution in [2.24, 2.45) is 17.6 Å². The number of nitrogens with two attached hydrogens (primary N) is 1. The Bertz CT molecular complexity index is 283. The minimum absolute atomic E-state index is 0.0148. The molecule has 0 radical (unpaired) electrons. The van der Waals surface area contributed by atoms with Gasteiger partial charge in [0.05, 0.1) is 12.0 Å². The van der Waals surface area contributed by atoms with Crippen molar-refractivity contribution < 1.29 is 9.90 Å². The van der Waals surface area contributed by atoms with Crippen LogP contribution < -0.4 is 11.1 Å². The van der Waals surface area contributed by atoms with E-state index in [4.69, 9.17) is 5.73 Å². The van der Waals surface area contributed by atoms with E-state index >= 15 is 0 Å². The molecular formula is C14H26N2O2. The zero-order valence-electron chi connectivity index (χ0n) is 11.1. The maximum absolute atomic E-state index is 12.2. The van der Waals surface area contributed by atoms with Crippen LogP contribution in [0.1, 0.15) is 51.4 Å². The van der Waals surface area contributed by atoms with Crippen LogP contribution in [-0.4, -0.2) is 29.7 Å². The monoisotopic (exact) mass is 254 g/mol. The number of carbonyl (C=O) groups is 1. The van der Waals surface area contributed by atoms with Gasteiger partial charge in [0.25, 0.3) is 0 Å². The van der Waals surface area contributed by atoms with Crippen molar-refractivity contribution >= 4 is 5.91 Å². The lowest BCUT2D eigenvalue weighted by atomic mass is 9.94. The van der Waals surface area contributed by atoms with Crippen LogP contribution in [0.25, 0.3) is 0 Å². The highest BCUT2D eigenvalue weighted by Crippen LogP contribution is 2.26. The first-order valence-corrected chi connectivity index (χ1v) is 7.40. The average molecular weight is 254 g/mol. The Kier molecular flexibility index (Phi) is 5.01. The van der Waals surface area contributed by atoms with Crippen molar-refractivity contribution in [1.82, 2.24) is 5.32 Å². The fourth-order valence-electron chi connectivity index (χ4n) is 3.28. The number of hydrogen-bond donors (Lipinski definition) is 3. The first kappa shape index (κ1) is 13.8. The van der Waals surface area contributed by atoms with Crippen molar-refractivity contribution in [3.8, 4) is 0 Å². The second-order valence-electron chi connectivity index (χ2n) is 5.91. The van der Waals surface area contributed by atoms with Gasteiger partial charge in [-0.15, -0.1) is 0 Å². The predicted octanol–water partition coefficient (Wildman–Crippen LogP) is 1.17. The molecule has 1 amide bonds. The molecule has 104 valence electrons. The van der Waals surface area contributed by atoms with Gasteiger partial charge in [-0.05, 0) is 25.7 Å². The van der Waals surface area contributed by atoms with Crippen LogP contribution in [0.2, 0.25) is 0 Å². The highest BCUT2D eigenvalue weighted by molar-refractivity contribution is 5.79. The summed E-state index contributed by atoms with van der Waals surface area (Å²) in [5.74, 6) is 0.325. The molecule has 4 nitrogen and oxygen atoms in total. The first-order valence-electron chi connectivity index (χ1n) is 7.40. The zero-order chi connectivity index (χ0) is 13.0. The SMILES string of the molecule is NC1CCCCCC1C(=O)NCC1CCCC1O. The molecule has 4 unspecified atom stereocenters. The van der Waals surface area contributed by atoms with Gasteiger partial charge in [0.15, 0.2) is 0 Å². The Morgan fingerprint density at radius 1 is 1.11 bits per heavy atom. The van der Waals surface area contributed by atoms with Crippen LogP contribution in [0.3, 0.4) is 0 Å². The van der Waals surface area contributed by atoms with Gasteiger partial charge in [-0.1, -0.05) is 25.7 Å². The van der Waals surface area contributed by atoms with Gasteiger partial charge >= 0.3 is 0 Å². The third-order valence-corrected chi connectivity index (χ3v) is 4.56. The molecule has 2 aliphatic rings. The fraction of sp³-hybridized carbons (Fsp3) is 0.929. The molecular weight excluding hydrogens is 228 g/mol. The lowest BCUT2D eigenvalue weighted by molar-refractivity contribution is -0.126. The summed E-state index contributed by atoms with van der Waals surface area (Å²) in [4.78, 5) is 12.2. The van der Waals surface area contributed by atoms with Gasteiger partial charge < -0.3 is 16.2 Å². The molecule has 0 aromatic carbocycles. The number of rotatable bonds is 3. The van der Waals surface area contributed by atoms with E-state index in [1.54, 1.807) is 0 Å². The first-order chi connectivity index (χ1) is 8.68. The summed E-state index contributed by atoms with van der Waals surface area (Å²) >= 11 is 0. The number of aliphatic hydroxyl groups excluding tert-OH is 1. The summed E-state index contributed by atoms with van der Waals surface area (Å²) in [6.07, 6.45) is 8.08. The zero-order valence-corrected chi connectivity index (χ0v) is 11.1. The highest BCUT2D eigenvalue weighted by Gasteiger charge is 2.29. The van der Waals surface area contributed by atoms with Crippen LogP contribution in [0.15, 0.2) is 0 Å². The molecule has 0 heterocycles. The van der Waals surface area contributed by atoms with E-state index in [1.165, 1.54) is 6.42 Å². The average Bonchev–Trinajstić information content (AvgIpc) is 2.63. The van der Waals surface area contributed by atoms with Crippen LogP contribution in [0.5, 0.6) is 0 Å². The van der Waals surface area contributed by atoms with Crippen LogP contribution in [0.4, 0.5) is 0 Å². The van der Waals surface area contributed by atoms with E-state index < -0.39 is 0 Å². The molecule has 0 saturated heterocycles. The number of hydrogen-bond acceptors (Lipinski definition) is 3. The van der Waals surface area contributed by atoms with Gasteiger partial charge in [-0.25, -0.2) is 0 Å². The molecule has 2 saturated carbocycles. The molecule has 0 aromatic rings. The molecule has 4 heteroatoms. The quantitative estimate of drug-likeness (QED) is 0.662. The van der Waals surface area contributed by atoms with E-state index in [1.807, 2.05) is 0 Å². The van der Waals surface area contributed by atoms with E-state index in [2.05, 4.69) is 5.32 Å². The van der Waals surface area contributed by atoms with E-state index in [9.17, 15) is 9.90 Å². The standard InChI is InChI=1S/C14H26N2O2/c15-12-7-3-1-2-6-11(12)14(18)16-9-10-5-4-8-13(10)17/h10-13,17H,1-9,15H2,(H,16,18). The van der Waals surface area contributed by atoms with Crippen molar-refractivity contribution in [2.75, 3.05) is 6.54 Å². The molecule has 0 aliphatic heterocycles. The Morgan fingerprint density at radius 2 is 1.89 bits per heavy atom. The second-order valence-corrected chi connectivity index (χ2v) is 5.91. The number of aliphatic hydroxyl groups is 1. The Labute approximate surface area is 109 Å². The lowest BCUT2D eigenvalue weighted by Gasteiger charge is -2.22. The maximum atomic E-state index is 12.2. The Balaban J connectivity index is 1.79. The topological polar surface area (TPSA) is 75.4 Å². The van der Waals surface area contributed by atoms with Crippen molar-refractivity contribution in [2.45, 2.75) is 63.5 Å². The lowest BCUT2D eigenvalue weighted by Crippen LogP contribution is -2.43. The summed E-state index contributed by atoms with van der Waals surface area (Å²) in [6, 6.07) is 0.0148. The number of amides is 1. The fourth-order valence-corrected chi connectivity index (χ4v) is 3.28. The second kappa shape index (κ2) is 6.53. The van der Waals surface area contributed by atoms with Crippen LogP contribution in [-0.2, 0) is 4.79 Å². The van der Waals surface area contributed by atoms with Crippen molar-refractivity contribution in [3.05, 3.63) is 0 Å². The van der Waals surface area contributed by atoms with Gasteiger partial charge in [0, 0.05) is 18.5 Å². The summed E-state index contributed by atoms with van der Waals surface area (Å²) < 4.78 is 0. The molecule has 4 N–H and O–H groups in total. The molecule has 2 rings (SSSR count). The number of nitrogens with one attached hydrogen (secondary N) is 1. The number of carbonyl (C=O) groups excluding carboxylic acids is 1. The Morgan fingerprint density at radius 3 is 2.61 bits per heavy atom. The third kappa shape index (κ3) is 3.45. The van der Waals surface area contributed by atoms with Crippen LogP contribution >= 0.6 is 0 Å². The van der Waals surface area contributed by atoms with E-state index in [0.717, 1.165) is 44.9 Å². The normalized spacial score (nSPS) is 37.2.